The lowest BCUT2D eigenvalue weighted by Gasteiger charge is -2.33. The molecular weight excluding hydrogens is 403 g/mol. The number of anilines is 1. The first-order valence-electron chi connectivity index (χ1n) is 10.8. The van der Waals surface area contributed by atoms with Gasteiger partial charge in [0.05, 0.1) is 0 Å². The summed E-state index contributed by atoms with van der Waals surface area (Å²) in [5.74, 6) is 0.544. The van der Waals surface area contributed by atoms with Crippen LogP contribution in [0.1, 0.15) is 23.2 Å². The van der Waals surface area contributed by atoms with Crippen molar-refractivity contribution in [3.8, 4) is 11.3 Å². The van der Waals surface area contributed by atoms with E-state index in [4.69, 9.17) is 0 Å². The van der Waals surface area contributed by atoms with E-state index in [1.807, 2.05) is 48.5 Å². The molecule has 0 bridgehead atoms. The van der Waals surface area contributed by atoms with Crippen LogP contribution in [0.3, 0.4) is 0 Å². The number of amides is 1. The van der Waals surface area contributed by atoms with Crippen LogP contribution in [0.15, 0.2) is 78.9 Å². The van der Waals surface area contributed by atoms with Crippen molar-refractivity contribution in [3.63, 3.8) is 0 Å². The Labute approximate surface area is 185 Å². The number of hydrogen-bond acceptors (Lipinski definition) is 4. The quantitative estimate of drug-likeness (QED) is 0.508. The second-order valence-corrected chi connectivity index (χ2v) is 8.03. The summed E-state index contributed by atoms with van der Waals surface area (Å²) in [6.45, 7) is 1.57. The first kappa shape index (κ1) is 20.1. The molecule has 1 fully saturated rings. The van der Waals surface area contributed by atoms with Gasteiger partial charge in [-0.15, -0.1) is 10.2 Å². The Bertz CT molecular complexity index is 1240. The van der Waals surface area contributed by atoms with Gasteiger partial charge < -0.3 is 10.2 Å². The summed E-state index contributed by atoms with van der Waals surface area (Å²) in [4.78, 5) is 14.7. The maximum atomic E-state index is 13.4. The highest BCUT2D eigenvalue weighted by Gasteiger charge is 2.24. The predicted molar refractivity (Wildman–Crippen MR) is 124 cm³/mol. The monoisotopic (exact) mass is 426 g/mol. The maximum Gasteiger partial charge on any atom is 0.251 e. The Morgan fingerprint density at radius 2 is 1.50 bits per heavy atom. The van der Waals surface area contributed by atoms with Gasteiger partial charge in [0, 0.05) is 41.0 Å². The van der Waals surface area contributed by atoms with Crippen molar-refractivity contribution in [3.05, 3.63) is 90.2 Å². The van der Waals surface area contributed by atoms with Crippen LogP contribution in [0.4, 0.5) is 10.2 Å². The number of benzene rings is 3. The SMILES string of the molecule is O=C(NC1CCN(c2nnc(-c3ccc(F)cc3)c3ccccc23)CC1)c1ccccc1. The number of fused-ring (bicyclic) bond motifs is 1. The molecule has 0 saturated carbocycles. The van der Waals surface area contributed by atoms with E-state index >= 15 is 0 Å². The molecule has 1 aromatic heterocycles. The van der Waals surface area contributed by atoms with Crippen LogP contribution in [0.25, 0.3) is 22.0 Å². The van der Waals surface area contributed by atoms with Gasteiger partial charge in [-0.1, -0.05) is 42.5 Å². The van der Waals surface area contributed by atoms with Crippen LogP contribution in [0.5, 0.6) is 0 Å². The molecule has 160 valence electrons. The smallest absolute Gasteiger partial charge is 0.251 e. The highest BCUT2D eigenvalue weighted by molar-refractivity contribution is 6.00. The van der Waals surface area contributed by atoms with Crippen molar-refractivity contribution in [2.75, 3.05) is 18.0 Å². The van der Waals surface area contributed by atoms with Crippen molar-refractivity contribution in [1.82, 2.24) is 15.5 Å². The van der Waals surface area contributed by atoms with Gasteiger partial charge >= 0.3 is 0 Å². The van der Waals surface area contributed by atoms with Crippen LogP contribution in [0.2, 0.25) is 0 Å². The molecule has 0 radical (unpaired) electrons. The first-order chi connectivity index (χ1) is 15.7. The molecule has 0 unspecified atom stereocenters. The van der Waals surface area contributed by atoms with Crippen LogP contribution < -0.4 is 10.2 Å². The van der Waals surface area contributed by atoms with Gasteiger partial charge in [0.25, 0.3) is 5.91 Å². The van der Waals surface area contributed by atoms with E-state index in [2.05, 4.69) is 26.5 Å². The molecular formula is C26H23FN4O. The third-order valence-electron chi connectivity index (χ3n) is 5.95. The maximum absolute atomic E-state index is 13.4. The fraction of sp³-hybridized carbons (Fsp3) is 0.192. The molecule has 32 heavy (non-hydrogen) atoms. The van der Waals surface area contributed by atoms with Gasteiger partial charge in [-0.05, 0) is 49.2 Å². The zero-order valence-electron chi connectivity index (χ0n) is 17.5. The number of carbonyl (C=O) groups excluding carboxylic acids is 1. The fourth-order valence-electron chi connectivity index (χ4n) is 4.24. The standard InChI is InChI=1S/C26H23FN4O/c27-20-12-10-18(11-13-20)24-22-8-4-5-9-23(22)25(30-29-24)31-16-14-21(15-17-31)28-26(32)19-6-2-1-3-7-19/h1-13,21H,14-17H2,(H,28,32). The average Bonchev–Trinajstić information content (AvgIpc) is 2.85. The van der Waals surface area contributed by atoms with Gasteiger partial charge in [0.2, 0.25) is 0 Å². The number of nitrogens with one attached hydrogen (secondary N) is 1. The van der Waals surface area contributed by atoms with E-state index in [-0.39, 0.29) is 17.8 Å². The lowest BCUT2D eigenvalue weighted by Crippen LogP contribution is -2.45. The largest absolute Gasteiger partial charge is 0.354 e. The van der Waals surface area contributed by atoms with E-state index < -0.39 is 0 Å². The Morgan fingerprint density at radius 1 is 0.844 bits per heavy atom. The number of piperidine rings is 1. The molecule has 0 atom stereocenters. The Kier molecular flexibility index (Phi) is 5.50. The van der Waals surface area contributed by atoms with Crippen LogP contribution in [0, 0.1) is 5.82 Å². The molecule has 1 amide bonds. The van der Waals surface area contributed by atoms with Gasteiger partial charge in [0.15, 0.2) is 5.82 Å². The highest BCUT2D eigenvalue weighted by atomic mass is 19.1. The zero-order chi connectivity index (χ0) is 21.9. The van der Waals surface area contributed by atoms with Crippen molar-refractivity contribution in [2.45, 2.75) is 18.9 Å². The van der Waals surface area contributed by atoms with E-state index in [9.17, 15) is 9.18 Å². The van der Waals surface area contributed by atoms with E-state index in [0.29, 0.717) is 5.56 Å². The molecule has 5 rings (SSSR count). The van der Waals surface area contributed by atoms with E-state index in [1.165, 1.54) is 12.1 Å². The minimum Gasteiger partial charge on any atom is -0.354 e. The summed E-state index contributed by atoms with van der Waals surface area (Å²) >= 11 is 0. The molecule has 0 aliphatic carbocycles. The molecule has 4 aromatic rings. The second kappa shape index (κ2) is 8.75. The Morgan fingerprint density at radius 3 is 2.22 bits per heavy atom. The average molecular weight is 426 g/mol. The minimum absolute atomic E-state index is 0.0297. The van der Waals surface area contributed by atoms with Gasteiger partial charge in [-0.3, -0.25) is 4.79 Å². The van der Waals surface area contributed by atoms with Crippen LogP contribution >= 0.6 is 0 Å². The summed E-state index contributed by atoms with van der Waals surface area (Å²) in [6.07, 6.45) is 1.68. The zero-order valence-corrected chi connectivity index (χ0v) is 17.5. The number of aromatic nitrogens is 2. The number of rotatable bonds is 4. The Hall–Kier alpha value is -3.80. The number of nitrogens with zero attached hydrogens (tertiary/aromatic N) is 3. The molecule has 0 spiro atoms. The summed E-state index contributed by atoms with van der Waals surface area (Å²) in [5, 5.41) is 14.2. The normalized spacial score (nSPS) is 14.5. The van der Waals surface area contributed by atoms with Crippen molar-refractivity contribution in [2.24, 2.45) is 0 Å². The highest BCUT2D eigenvalue weighted by Crippen LogP contribution is 2.32. The lowest BCUT2D eigenvalue weighted by molar-refractivity contribution is 0.0931. The fourth-order valence-corrected chi connectivity index (χ4v) is 4.24. The second-order valence-electron chi connectivity index (χ2n) is 8.03. The third-order valence-corrected chi connectivity index (χ3v) is 5.95. The number of hydrogen-bond donors (Lipinski definition) is 1. The van der Waals surface area contributed by atoms with Crippen molar-refractivity contribution in [1.29, 1.82) is 0 Å². The molecule has 3 aromatic carbocycles. The van der Waals surface area contributed by atoms with E-state index in [1.54, 1.807) is 12.1 Å². The molecule has 2 heterocycles. The van der Waals surface area contributed by atoms with Gasteiger partial charge in [0.1, 0.15) is 11.5 Å². The Balaban J connectivity index is 1.34. The van der Waals surface area contributed by atoms with Gasteiger partial charge in [-0.2, -0.15) is 0 Å². The topological polar surface area (TPSA) is 58.1 Å². The number of carbonyl (C=O) groups is 1. The number of halogens is 1. The third kappa shape index (κ3) is 4.04. The van der Waals surface area contributed by atoms with Crippen LogP contribution in [-0.4, -0.2) is 35.2 Å². The molecule has 1 saturated heterocycles. The molecule has 1 aliphatic rings. The molecule has 5 nitrogen and oxygen atoms in total. The summed E-state index contributed by atoms with van der Waals surface area (Å²) in [5.41, 5.74) is 2.27. The molecule has 6 heteroatoms. The van der Waals surface area contributed by atoms with Crippen LogP contribution in [-0.2, 0) is 0 Å². The van der Waals surface area contributed by atoms with E-state index in [0.717, 1.165) is 53.8 Å². The predicted octanol–water partition coefficient (Wildman–Crippen LogP) is 4.83. The summed E-state index contributed by atoms with van der Waals surface area (Å²) in [7, 11) is 0. The first-order valence-corrected chi connectivity index (χ1v) is 10.8. The lowest BCUT2D eigenvalue weighted by atomic mass is 10.0. The molecule has 1 aliphatic heterocycles. The summed E-state index contributed by atoms with van der Waals surface area (Å²) in [6, 6.07) is 23.8. The minimum atomic E-state index is -0.273. The van der Waals surface area contributed by atoms with Crippen molar-refractivity contribution < 1.29 is 9.18 Å². The molecule has 1 N–H and O–H groups in total. The van der Waals surface area contributed by atoms with Crippen molar-refractivity contribution >= 4 is 22.5 Å². The van der Waals surface area contributed by atoms with Gasteiger partial charge in [-0.25, -0.2) is 4.39 Å². The summed E-state index contributed by atoms with van der Waals surface area (Å²) < 4.78 is 13.4.